The predicted molar refractivity (Wildman–Crippen MR) is 93.6 cm³/mol. The SMILES string of the molecule is Cn1nc(CC(NN)c2ccccc2I)c2ccccc21. The number of hydrogen-bond donors (Lipinski definition) is 2. The van der Waals surface area contributed by atoms with Gasteiger partial charge in [-0.25, -0.2) is 0 Å². The highest BCUT2D eigenvalue weighted by atomic mass is 127. The molecular weight excluding hydrogens is 375 g/mol. The van der Waals surface area contributed by atoms with Crippen LogP contribution < -0.4 is 11.3 Å². The number of nitrogens with two attached hydrogens (primary N) is 1. The van der Waals surface area contributed by atoms with E-state index in [9.17, 15) is 0 Å². The average molecular weight is 392 g/mol. The molecule has 0 saturated carbocycles. The number of hydrazine groups is 1. The molecule has 108 valence electrons. The summed E-state index contributed by atoms with van der Waals surface area (Å²) in [5.41, 5.74) is 6.34. The molecule has 1 heterocycles. The van der Waals surface area contributed by atoms with Crippen LogP contribution in [0.4, 0.5) is 0 Å². The van der Waals surface area contributed by atoms with Gasteiger partial charge in [-0.3, -0.25) is 16.0 Å². The van der Waals surface area contributed by atoms with Crippen molar-refractivity contribution >= 4 is 33.5 Å². The fraction of sp³-hybridized carbons (Fsp3) is 0.188. The second-order valence-corrected chi connectivity index (χ2v) is 6.19. The molecule has 0 radical (unpaired) electrons. The Labute approximate surface area is 137 Å². The van der Waals surface area contributed by atoms with Gasteiger partial charge in [0.1, 0.15) is 0 Å². The van der Waals surface area contributed by atoms with Gasteiger partial charge in [0.15, 0.2) is 0 Å². The molecule has 21 heavy (non-hydrogen) atoms. The molecule has 5 heteroatoms. The van der Waals surface area contributed by atoms with Crippen molar-refractivity contribution in [1.29, 1.82) is 0 Å². The molecule has 0 fully saturated rings. The van der Waals surface area contributed by atoms with E-state index < -0.39 is 0 Å². The van der Waals surface area contributed by atoms with Crippen LogP contribution in [-0.2, 0) is 13.5 Å². The Kier molecular flexibility index (Phi) is 4.23. The first kappa shape index (κ1) is 14.5. The van der Waals surface area contributed by atoms with Gasteiger partial charge >= 0.3 is 0 Å². The Hall–Kier alpha value is -1.44. The number of rotatable bonds is 4. The van der Waals surface area contributed by atoms with Crippen molar-refractivity contribution < 1.29 is 0 Å². The fourth-order valence-corrected chi connectivity index (χ4v) is 3.41. The van der Waals surface area contributed by atoms with Gasteiger partial charge in [0.05, 0.1) is 17.3 Å². The van der Waals surface area contributed by atoms with Crippen LogP contribution >= 0.6 is 22.6 Å². The molecule has 3 aromatic rings. The van der Waals surface area contributed by atoms with E-state index in [0.717, 1.165) is 17.6 Å². The van der Waals surface area contributed by atoms with Crippen molar-refractivity contribution in [2.45, 2.75) is 12.5 Å². The lowest BCUT2D eigenvalue weighted by Crippen LogP contribution is -2.30. The van der Waals surface area contributed by atoms with Crippen molar-refractivity contribution in [2.75, 3.05) is 0 Å². The summed E-state index contributed by atoms with van der Waals surface area (Å²) in [4.78, 5) is 0. The number of fused-ring (bicyclic) bond motifs is 1. The molecule has 2 aromatic carbocycles. The molecule has 0 amide bonds. The van der Waals surface area contributed by atoms with Gasteiger partial charge in [0.25, 0.3) is 0 Å². The van der Waals surface area contributed by atoms with E-state index in [-0.39, 0.29) is 6.04 Å². The predicted octanol–water partition coefficient (Wildman–Crippen LogP) is 2.93. The van der Waals surface area contributed by atoms with Gasteiger partial charge in [-0.2, -0.15) is 5.10 Å². The number of nitrogens with zero attached hydrogens (tertiary/aromatic N) is 2. The van der Waals surface area contributed by atoms with Crippen molar-refractivity contribution in [1.82, 2.24) is 15.2 Å². The zero-order valence-electron chi connectivity index (χ0n) is 11.8. The van der Waals surface area contributed by atoms with E-state index >= 15 is 0 Å². The van der Waals surface area contributed by atoms with Crippen molar-refractivity contribution in [3.8, 4) is 0 Å². The van der Waals surface area contributed by atoms with Gasteiger partial charge < -0.3 is 0 Å². The van der Waals surface area contributed by atoms with Crippen LogP contribution in [0, 0.1) is 3.57 Å². The third-order valence-corrected chi connectivity index (χ3v) is 4.70. The highest BCUT2D eigenvalue weighted by Crippen LogP contribution is 2.26. The zero-order chi connectivity index (χ0) is 14.8. The first-order valence-electron chi connectivity index (χ1n) is 6.82. The second-order valence-electron chi connectivity index (χ2n) is 5.03. The van der Waals surface area contributed by atoms with Crippen LogP contribution in [0.25, 0.3) is 10.9 Å². The number of benzene rings is 2. The molecule has 0 saturated heterocycles. The molecule has 0 aliphatic rings. The minimum atomic E-state index is 0.0522. The molecule has 1 atom stereocenters. The summed E-state index contributed by atoms with van der Waals surface area (Å²) in [6, 6.07) is 16.6. The average Bonchev–Trinajstić information content (AvgIpc) is 2.82. The highest BCUT2D eigenvalue weighted by molar-refractivity contribution is 14.1. The van der Waals surface area contributed by atoms with Gasteiger partial charge in [-0.15, -0.1) is 0 Å². The number of nitrogens with one attached hydrogen (secondary N) is 1. The van der Waals surface area contributed by atoms with E-state index in [1.54, 1.807) is 0 Å². The van der Waals surface area contributed by atoms with E-state index in [4.69, 9.17) is 5.84 Å². The van der Waals surface area contributed by atoms with Crippen LogP contribution in [0.1, 0.15) is 17.3 Å². The lowest BCUT2D eigenvalue weighted by atomic mass is 10.0. The van der Waals surface area contributed by atoms with Crippen molar-refractivity contribution in [3.05, 3.63) is 63.4 Å². The third-order valence-electron chi connectivity index (χ3n) is 3.71. The molecular formula is C16H17IN4. The van der Waals surface area contributed by atoms with E-state index in [0.29, 0.717) is 0 Å². The largest absolute Gasteiger partial charge is 0.271 e. The Bertz CT molecular complexity index is 766. The summed E-state index contributed by atoms with van der Waals surface area (Å²) in [5.74, 6) is 5.78. The second kappa shape index (κ2) is 6.13. The van der Waals surface area contributed by atoms with Crippen LogP contribution in [0.2, 0.25) is 0 Å². The molecule has 0 aliphatic carbocycles. The van der Waals surface area contributed by atoms with Crippen LogP contribution in [0.3, 0.4) is 0 Å². The van der Waals surface area contributed by atoms with Crippen LogP contribution in [0.5, 0.6) is 0 Å². The molecule has 0 bridgehead atoms. The monoisotopic (exact) mass is 392 g/mol. The first-order valence-corrected chi connectivity index (χ1v) is 7.89. The van der Waals surface area contributed by atoms with Gasteiger partial charge in [0.2, 0.25) is 0 Å². The Balaban J connectivity index is 1.99. The molecule has 0 spiro atoms. The van der Waals surface area contributed by atoms with Crippen molar-refractivity contribution in [3.63, 3.8) is 0 Å². The minimum Gasteiger partial charge on any atom is -0.271 e. The lowest BCUT2D eigenvalue weighted by Gasteiger charge is -2.17. The van der Waals surface area contributed by atoms with Gasteiger partial charge in [-0.1, -0.05) is 36.4 Å². The molecule has 1 unspecified atom stereocenters. The number of hydrogen-bond acceptors (Lipinski definition) is 3. The summed E-state index contributed by atoms with van der Waals surface area (Å²) >= 11 is 2.34. The van der Waals surface area contributed by atoms with E-state index in [2.05, 4.69) is 57.4 Å². The zero-order valence-corrected chi connectivity index (χ0v) is 13.9. The minimum absolute atomic E-state index is 0.0522. The Morgan fingerprint density at radius 3 is 2.67 bits per heavy atom. The Morgan fingerprint density at radius 1 is 1.19 bits per heavy atom. The van der Waals surface area contributed by atoms with Crippen LogP contribution in [0.15, 0.2) is 48.5 Å². The number of para-hydroxylation sites is 1. The van der Waals surface area contributed by atoms with E-state index in [1.165, 1.54) is 14.5 Å². The summed E-state index contributed by atoms with van der Waals surface area (Å²) in [6.45, 7) is 0. The standard InChI is InChI=1S/C16H17IN4/c1-21-16-9-5-3-7-12(16)15(20-21)10-14(19-18)11-6-2-4-8-13(11)17/h2-9,14,19H,10,18H2,1H3. The van der Waals surface area contributed by atoms with Gasteiger partial charge in [0, 0.05) is 22.4 Å². The molecule has 1 aromatic heterocycles. The molecule has 4 nitrogen and oxygen atoms in total. The lowest BCUT2D eigenvalue weighted by molar-refractivity contribution is 0.541. The summed E-state index contributed by atoms with van der Waals surface area (Å²) in [6.07, 6.45) is 0.762. The summed E-state index contributed by atoms with van der Waals surface area (Å²) in [7, 11) is 1.98. The van der Waals surface area contributed by atoms with Crippen molar-refractivity contribution in [2.24, 2.45) is 12.9 Å². The topological polar surface area (TPSA) is 55.9 Å². The fourth-order valence-electron chi connectivity index (χ4n) is 2.65. The maximum atomic E-state index is 5.78. The third kappa shape index (κ3) is 2.81. The highest BCUT2D eigenvalue weighted by Gasteiger charge is 2.17. The number of aryl methyl sites for hydroxylation is 1. The quantitative estimate of drug-likeness (QED) is 0.408. The molecule has 3 N–H and O–H groups in total. The van der Waals surface area contributed by atoms with Gasteiger partial charge in [-0.05, 0) is 40.3 Å². The maximum Gasteiger partial charge on any atom is 0.0722 e. The number of halogens is 1. The van der Waals surface area contributed by atoms with E-state index in [1.807, 2.05) is 36.0 Å². The smallest absolute Gasteiger partial charge is 0.0722 e. The van der Waals surface area contributed by atoms with Crippen LogP contribution in [-0.4, -0.2) is 9.78 Å². The summed E-state index contributed by atoms with van der Waals surface area (Å²) in [5, 5.41) is 5.84. The molecule has 3 rings (SSSR count). The molecule has 0 aliphatic heterocycles. The summed E-state index contributed by atoms with van der Waals surface area (Å²) < 4.78 is 3.13. The maximum absolute atomic E-state index is 5.78. The normalized spacial score (nSPS) is 12.7. The first-order chi connectivity index (χ1) is 10.2. The number of aromatic nitrogens is 2. The Morgan fingerprint density at radius 2 is 1.90 bits per heavy atom.